The average molecular weight is 316 g/mol. The Kier molecular flexibility index (Phi) is 5.55. The highest BCUT2D eigenvalue weighted by atomic mass is 16.5. The minimum atomic E-state index is -0.835. The lowest BCUT2D eigenvalue weighted by molar-refractivity contribution is -0.139. The van der Waals surface area contributed by atoms with Gasteiger partial charge in [-0.1, -0.05) is 13.3 Å². The summed E-state index contributed by atoms with van der Waals surface area (Å²) in [6, 6.07) is 7.39. The van der Waals surface area contributed by atoms with Crippen LogP contribution in [0.4, 0.5) is 5.69 Å². The number of carbonyl (C=O) groups excluding carboxylic acids is 1. The van der Waals surface area contributed by atoms with Crippen molar-refractivity contribution in [2.75, 3.05) is 19.0 Å². The van der Waals surface area contributed by atoms with Crippen LogP contribution in [0.5, 0.6) is 5.75 Å². The number of aromatic nitrogens is 1. The molecule has 1 aromatic carbocycles. The summed E-state index contributed by atoms with van der Waals surface area (Å²) in [6.07, 6.45) is 3.24. The second kappa shape index (κ2) is 7.42. The molecule has 1 amide bonds. The third-order valence-electron chi connectivity index (χ3n) is 3.87. The number of fused-ring (bicyclic) bond motifs is 1. The van der Waals surface area contributed by atoms with Crippen LogP contribution in [-0.2, 0) is 9.53 Å². The van der Waals surface area contributed by atoms with Crippen molar-refractivity contribution in [2.45, 2.75) is 39.2 Å². The minimum absolute atomic E-state index is 0.142. The standard InChI is InChI=1S/C18H24N2O3/c1-5-11-18(3,23-6-2)17(21)20-14-9-10-15(22-4)16-13(14)8-7-12-19-16/h7-10,12H,5-6,11H2,1-4H3,(H,20,21). The van der Waals surface area contributed by atoms with Crippen molar-refractivity contribution in [2.24, 2.45) is 0 Å². The first-order valence-corrected chi connectivity index (χ1v) is 7.92. The lowest BCUT2D eigenvalue weighted by Gasteiger charge is -2.28. The molecule has 0 aliphatic carbocycles. The summed E-state index contributed by atoms with van der Waals surface area (Å²) in [5.41, 5.74) is 0.597. The molecule has 0 aliphatic heterocycles. The van der Waals surface area contributed by atoms with Crippen molar-refractivity contribution in [3.05, 3.63) is 30.5 Å². The summed E-state index contributed by atoms with van der Waals surface area (Å²) in [6.45, 7) is 6.26. The Bertz CT molecular complexity index is 679. The number of nitrogens with zero attached hydrogens (tertiary/aromatic N) is 1. The van der Waals surface area contributed by atoms with Crippen LogP contribution >= 0.6 is 0 Å². The number of ether oxygens (including phenoxy) is 2. The Hall–Kier alpha value is -2.14. The fourth-order valence-electron chi connectivity index (χ4n) is 2.72. The van der Waals surface area contributed by atoms with Crippen LogP contribution in [0.3, 0.4) is 0 Å². The van der Waals surface area contributed by atoms with Crippen LogP contribution in [0.2, 0.25) is 0 Å². The number of carbonyl (C=O) groups is 1. The highest BCUT2D eigenvalue weighted by molar-refractivity contribution is 6.05. The molecule has 23 heavy (non-hydrogen) atoms. The van der Waals surface area contributed by atoms with E-state index in [0.29, 0.717) is 24.5 Å². The molecule has 1 atom stereocenters. The summed E-state index contributed by atoms with van der Waals surface area (Å²) in [5.74, 6) is 0.538. The van der Waals surface area contributed by atoms with Crippen LogP contribution in [0.1, 0.15) is 33.6 Å². The van der Waals surface area contributed by atoms with E-state index in [0.717, 1.165) is 17.3 Å². The van der Waals surface area contributed by atoms with Gasteiger partial charge in [0.25, 0.3) is 5.91 Å². The van der Waals surface area contributed by atoms with E-state index in [2.05, 4.69) is 10.3 Å². The number of anilines is 1. The largest absolute Gasteiger partial charge is 0.494 e. The van der Waals surface area contributed by atoms with Gasteiger partial charge in [0.1, 0.15) is 16.9 Å². The van der Waals surface area contributed by atoms with Crippen LogP contribution in [0, 0.1) is 0 Å². The fourth-order valence-corrected chi connectivity index (χ4v) is 2.72. The van der Waals surface area contributed by atoms with Crippen molar-refractivity contribution in [3.8, 4) is 5.75 Å². The molecule has 2 aromatic rings. The van der Waals surface area contributed by atoms with E-state index in [1.807, 2.05) is 45.0 Å². The second-order valence-corrected chi connectivity index (χ2v) is 5.58. The number of rotatable bonds is 7. The van der Waals surface area contributed by atoms with Crippen molar-refractivity contribution < 1.29 is 14.3 Å². The Morgan fingerprint density at radius 1 is 1.30 bits per heavy atom. The van der Waals surface area contributed by atoms with E-state index in [1.165, 1.54) is 0 Å². The average Bonchev–Trinajstić information content (AvgIpc) is 2.55. The van der Waals surface area contributed by atoms with Crippen molar-refractivity contribution >= 4 is 22.5 Å². The fraction of sp³-hybridized carbons (Fsp3) is 0.444. The first-order chi connectivity index (χ1) is 11.1. The third kappa shape index (κ3) is 3.62. The zero-order valence-corrected chi connectivity index (χ0v) is 14.2. The summed E-state index contributed by atoms with van der Waals surface area (Å²) in [4.78, 5) is 17.1. The maximum absolute atomic E-state index is 12.7. The molecule has 5 heteroatoms. The predicted molar refractivity (Wildman–Crippen MR) is 91.9 cm³/mol. The van der Waals surface area contributed by atoms with Crippen molar-refractivity contribution in [1.82, 2.24) is 4.98 Å². The molecule has 0 saturated heterocycles. The van der Waals surface area contributed by atoms with Crippen LogP contribution in [-0.4, -0.2) is 30.2 Å². The van der Waals surface area contributed by atoms with Gasteiger partial charge in [0.2, 0.25) is 0 Å². The van der Waals surface area contributed by atoms with Gasteiger partial charge in [0.15, 0.2) is 0 Å². The molecular formula is C18H24N2O3. The van der Waals surface area contributed by atoms with E-state index in [1.54, 1.807) is 13.3 Å². The first-order valence-electron chi connectivity index (χ1n) is 7.92. The van der Waals surface area contributed by atoms with Crippen molar-refractivity contribution in [1.29, 1.82) is 0 Å². The van der Waals surface area contributed by atoms with Gasteiger partial charge >= 0.3 is 0 Å². The van der Waals surface area contributed by atoms with Gasteiger partial charge in [-0.05, 0) is 44.5 Å². The molecule has 1 N–H and O–H groups in total. The maximum Gasteiger partial charge on any atom is 0.256 e. The number of hydrogen-bond donors (Lipinski definition) is 1. The molecule has 1 aromatic heterocycles. The van der Waals surface area contributed by atoms with Crippen LogP contribution < -0.4 is 10.1 Å². The molecule has 124 valence electrons. The molecular weight excluding hydrogens is 292 g/mol. The summed E-state index contributed by atoms with van der Waals surface area (Å²) in [5, 5.41) is 3.83. The van der Waals surface area contributed by atoms with Gasteiger partial charge in [0.05, 0.1) is 12.8 Å². The normalized spacial score (nSPS) is 13.6. The molecule has 0 fully saturated rings. The number of methoxy groups -OCH3 is 1. The first kappa shape index (κ1) is 17.2. The Labute approximate surface area is 137 Å². The van der Waals surface area contributed by atoms with E-state index in [4.69, 9.17) is 9.47 Å². The van der Waals surface area contributed by atoms with Gasteiger partial charge in [-0.3, -0.25) is 9.78 Å². The van der Waals surface area contributed by atoms with Gasteiger partial charge < -0.3 is 14.8 Å². The van der Waals surface area contributed by atoms with Gasteiger partial charge in [-0.15, -0.1) is 0 Å². The second-order valence-electron chi connectivity index (χ2n) is 5.58. The Morgan fingerprint density at radius 3 is 2.74 bits per heavy atom. The smallest absolute Gasteiger partial charge is 0.256 e. The monoisotopic (exact) mass is 316 g/mol. The minimum Gasteiger partial charge on any atom is -0.494 e. The highest BCUT2D eigenvalue weighted by Crippen LogP contribution is 2.31. The Morgan fingerprint density at radius 2 is 2.09 bits per heavy atom. The number of benzene rings is 1. The summed E-state index contributed by atoms with van der Waals surface area (Å²) in [7, 11) is 1.61. The third-order valence-corrected chi connectivity index (χ3v) is 3.87. The molecule has 1 heterocycles. The molecule has 0 spiro atoms. The van der Waals surface area contributed by atoms with E-state index in [9.17, 15) is 4.79 Å². The maximum atomic E-state index is 12.7. The van der Waals surface area contributed by atoms with E-state index >= 15 is 0 Å². The zero-order valence-electron chi connectivity index (χ0n) is 14.2. The quantitative estimate of drug-likeness (QED) is 0.844. The summed E-state index contributed by atoms with van der Waals surface area (Å²) >= 11 is 0. The number of nitrogens with one attached hydrogen (secondary N) is 1. The molecule has 0 radical (unpaired) electrons. The van der Waals surface area contributed by atoms with Crippen LogP contribution in [0.25, 0.3) is 10.9 Å². The highest BCUT2D eigenvalue weighted by Gasteiger charge is 2.33. The van der Waals surface area contributed by atoms with E-state index < -0.39 is 5.60 Å². The molecule has 0 bridgehead atoms. The SMILES string of the molecule is CCCC(C)(OCC)C(=O)Nc1ccc(OC)c2ncccc12. The predicted octanol–water partition coefficient (Wildman–Crippen LogP) is 3.78. The van der Waals surface area contributed by atoms with Crippen molar-refractivity contribution in [3.63, 3.8) is 0 Å². The molecule has 1 unspecified atom stereocenters. The molecule has 0 saturated carbocycles. The Balaban J connectivity index is 2.36. The molecule has 5 nitrogen and oxygen atoms in total. The lowest BCUT2D eigenvalue weighted by Crippen LogP contribution is -2.42. The number of pyridine rings is 1. The summed E-state index contributed by atoms with van der Waals surface area (Å²) < 4.78 is 11.0. The van der Waals surface area contributed by atoms with Gasteiger partial charge in [-0.2, -0.15) is 0 Å². The topological polar surface area (TPSA) is 60.5 Å². The van der Waals surface area contributed by atoms with Crippen LogP contribution in [0.15, 0.2) is 30.5 Å². The van der Waals surface area contributed by atoms with E-state index in [-0.39, 0.29) is 5.91 Å². The zero-order chi connectivity index (χ0) is 16.9. The molecule has 0 aliphatic rings. The number of hydrogen-bond acceptors (Lipinski definition) is 4. The number of amides is 1. The lowest BCUT2D eigenvalue weighted by atomic mass is 9.98. The van der Waals surface area contributed by atoms with Gasteiger partial charge in [-0.25, -0.2) is 0 Å². The van der Waals surface area contributed by atoms with Gasteiger partial charge in [0, 0.05) is 18.2 Å². The molecule has 2 rings (SSSR count).